The summed E-state index contributed by atoms with van der Waals surface area (Å²) in [6.45, 7) is 4.91. The molecule has 0 aromatic heterocycles. The van der Waals surface area contributed by atoms with Gasteiger partial charge < -0.3 is 5.32 Å². The molecule has 0 radical (unpaired) electrons. The van der Waals surface area contributed by atoms with Gasteiger partial charge in [0.2, 0.25) is 0 Å². The van der Waals surface area contributed by atoms with Crippen molar-refractivity contribution in [2.45, 2.75) is 38.3 Å². The van der Waals surface area contributed by atoms with E-state index >= 15 is 0 Å². The molecule has 2 aliphatic rings. The Labute approximate surface area is 130 Å². The summed E-state index contributed by atoms with van der Waals surface area (Å²) in [6, 6.07) is 9.82. The fourth-order valence-corrected chi connectivity index (χ4v) is 3.18. The van der Waals surface area contributed by atoms with E-state index < -0.39 is 0 Å². The highest BCUT2D eigenvalue weighted by molar-refractivity contribution is 14.1. The minimum absolute atomic E-state index is 0.866. The zero-order valence-electron chi connectivity index (χ0n) is 11.4. The summed E-state index contributed by atoms with van der Waals surface area (Å²) in [5.41, 5.74) is 1.45. The first-order chi connectivity index (χ1) is 9.29. The molecule has 1 aromatic rings. The normalized spacial score (nSPS) is 21.7. The largest absolute Gasteiger partial charge is 0.314 e. The number of hydrogen-bond acceptors (Lipinski definition) is 2. The topological polar surface area (TPSA) is 15.3 Å². The first-order valence-corrected chi connectivity index (χ1v) is 8.57. The zero-order valence-corrected chi connectivity index (χ0v) is 13.6. The lowest BCUT2D eigenvalue weighted by Crippen LogP contribution is -2.37. The van der Waals surface area contributed by atoms with Crippen LogP contribution in [0.15, 0.2) is 24.3 Å². The van der Waals surface area contributed by atoms with E-state index in [0.29, 0.717) is 0 Å². The summed E-state index contributed by atoms with van der Waals surface area (Å²) in [5, 5.41) is 3.68. The Hall–Kier alpha value is -0.130. The molecule has 1 aromatic carbocycles. The van der Waals surface area contributed by atoms with Gasteiger partial charge in [0.1, 0.15) is 0 Å². The molecule has 104 valence electrons. The van der Waals surface area contributed by atoms with Crippen molar-refractivity contribution in [3.63, 3.8) is 0 Å². The molecule has 19 heavy (non-hydrogen) atoms. The number of likely N-dealkylation sites (tertiary alicyclic amines) is 1. The summed E-state index contributed by atoms with van der Waals surface area (Å²) in [6.07, 6.45) is 5.55. The maximum absolute atomic E-state index is 3.68. The molecule has 1 N–H and O–H groups in total. The molecule has 1 aliphatic carbocycles. The molecular weight excluding hydrogens is 347 g/mol. The molecule has 0 atom stereocenters. The molecule has 2 nitrogen and oxygen atoms in total. The maximum atomic E-state index is 3.68. The van der Waals surface area contributed by atoms with Crippen LogP contribution in [0.4, 0.5) is 0 Å². The van der Waals surface area contributed by atoms with E-state index in [2.05, 4.69) is 57.1 Å². The average molecular weight is 370 g/mol. The Morgan fingerprint density at radius 1 is 1.05 bits per heavy atom. The van der Waals surface area contributed by atoms with Crippen molar-refractivity contribution in [1.29, 1.82) is 0 Å². The van der Waals surface area contributed by atoms with E-state index in [0.717, 1.165) is 18.5 Å². The second-order valence-corrected chi connectivity index (χ2v) is 7.27. The lowest BCUT2D eigenvalue weighted by molar-refractivity contribution is 0.175. The number of nitrogens with zero attached hydrogens (tertiary/aromatic N) is 1. The number of piperidine rings is 1. The highest BCUT2D eigenvalue weighted by Gasteiger charge is 2.24. The molecule has 1 saturated carbocycles. The third-order valence-corrected chi connectivity index (χ3v) is 5.02. The fraction of sp³-hybridized carbons (Fsp3) is 0.625. The molecule has 0 amide bonds. The predicted octanol–water partition coefficient (Wildman–Crippen LogP) is 3.26. The number of rotatable bonds is 5. The lowest BCUT2D eigenvalue weighted by atomic mass is 9.96. The van der Waals surface area contributed by atoms with Crippen LogP contribution >= 0.6 is 22.6 Å². The molecule has 3 heteroatoms. The molecule has 0 bridgehead atoms. The van der Waals surface area contributed by atoms with Crippen LogP contribution in [0.25, 0.3) is 0 Å². The molecule has 1 saturated heterocycles. The van der Waals surface area contributed by atoms with Crippen molar-refractivity contribution in [3.05, 3.63) is 33.4 Å². The molecule has 3 rings (SSSR count). The molecule has 0 unspecified atom stereocenters. The summed E-state index contributed by atoms with van der Waals surface area (Å²) in [5.74, 6) is 0.911. The zero-order chi connectivity index (χ0) is 13.1. The van der Waals surface area contributed by atoms with Crippen LogP contribution in [0, 0.1) is 9.49 Å². The van der Waals surface area contributed by atoms with Gasteiger partial charge in [-0.25, -0.2) is 0 Å². The van der Waals surface area contributed by atoms with Gasteiger partial charge in [0, 0.05) is 16.2 Å². The minimum atomic E-state index is 0.866. The van der Waals surface area contributed by atoms with Gasteiger partial charge in [0.25, 0.3) is 0 Å². The highest BCUT2D eigenvalue weighted by Crippen LogP contribution is 2.22. The Bertz CT molecular complexity index is 392. The van der Waals surface area contributed by atoms with E-state index in [1.807, 2.05) is 0 Å². The number of hydrogen-bond donors (Lipinski definition) is 1. The predicted molar refractivity (Wildman–Crippen MR) is 88.2 cm³/mol. The minimum Gasteiger partial charge on any atom is -0.314 e. The van der Waals surface area contributed by atoms with Crippen LogP contribution < -0.4 is 5.32 Å². The smallest absolute Gasteiger partial charge is 0.0233 e. The van der Waals surface area contributed by atoms with Gasteiger partial charge in [0.05, 0.1) is 0 Å². The first kappa shape index (κ1) is 13.8. The second kappa shape index (κ2) is 6.55. The summed E-state index contributed by atoms with van der Waals surface area (Å²) >= 11 is 2.37. The van der Waals surface area contributed by atoms with E-state index in [-0.39, 0.29) is 0 Å². The number of nitrogens with one attached hydrogen (secondary N) is 1. The van der Waals surface area contributed by atoms with Gasteiger partial charge in [-0.05, 0) is 91.5 Å². The van der Waals surface area contributed by atoms with E-state index in [1.54, 1.807) is 0 Å². The monoisotopic (exact) mass is 370 g/mol. The first-order valence-electron chi connectivity index (χ1n) is 7.50. The van der Waals surface area contributed by atoms with Crippen molar-refractivity contribution >= 4 is 22.6 Å². The molecule has 2 fully saturated rings. The average Bonchev–Trinajstić information content (AvgIpc) is 3.25. The quantitative estimate of drug-likeness (QED) is 0.801. The van der Waals surface area contributed by atoms with Crippen LogP contribution in [0.3, 0.4) is 0 Å². The SMILES string of the molecule is Ic1ccc(CN2CCC(CNC3CC3)CC2)cc1. The van der Waals surface area contributed by atoms with Crippen LogP contribution in [-0.2, 0) is 6.54 Å². The van der Waals surface area contributed by atoms with E-state index in [9.17, 15) is 0 Å². The Kier molecular flexibility index (Phi) is 4.77. The number of halogens is 1. The van der Waals surface area contributed by atoms with Gasteiger partial charge in [-0.3, -0.25) is 4.90 Å². The third kappa shape index (κ3) is 4.43. The Morgan fingerprint density at radius 3 is 2.37 bits per heavy atom. The maximum Gasteiger partial charge on any atom is 0.0233 e. The summed E-state index contributed by atoms with van der Waals surface area (Å²) in [4.78, 5) is 2.61. The van der Waals surface area contributed by atoms with Gasteiger partial charge in [-0.1, -0.05) is 12.1 Å². The lowest BCUT2D eigenvalue weighted by Gasteiger charge is -2.32. The third-order valence-electron chi connectivity index (χ3n) is 4.30. The van der Waals surface area contributed by atoms with E-state index in [1.165, 1.54) is 54.5 Å². The molecule has 1 heterocycles. The Morgan fingerprint density at radius 2 is 1.74 bits per heavy atom. The van der Waals surface area contributed by atoms with Crippen molar-refractivity contribution in [3.8, 4) is 0 Å². The fourth-order valence-electron chi connectivity index (χ4n) is 2.82. The van der Waals surface area contributed by atoms with Crippen molar-refractivity contribution in [2.75, 3.05) is 19.6 Å². The van der Waals surface area contributed by atoms with Crippen molar-refractivity contribution < 1.29 is 0 Å². The molecule has 1 aliphatic heterocycles. The van der Waals surface area contributed by atoms with E-state index in [4.69, 9.17) is 0 Å². The van der Waals surface area contributed by atoms with Crippen LogP contribution in [0.2, 0.25) is 0 Å². The molecular formula is C16H23IN2. The highest BCUT2D eigenvalue weighted by atomic mass is 127. The van der Waals surface area contributed by atoms with Crippen LogP contribution in [0.1, 0.15) is 31.2 Å². The number of benzene rings is 1. The van der Waals surface area contributed by atoms with Crippen molar-refractivity contribution in [2.24, 2.45) is 5.92 Å². The second-order valence-electron chi connectivity index (χ2n) is 6.03. The standard InChI is InChI=1S/C16H23IN2/c17-15-3-1-14(2-4-15)12-19-9-7-13(8-10-19)11-18-16-5-6-16/h1-4,13,16,18H,5-12H2. The van der Waals surface area contributed by atoms with Crippen LogP contribution in [0.5, 0.6) is 0 Å². The van der Waals surface area contributed by atoms with Gasteiger partial charge in [-0.2, -0.15) is 0 Å². The van der Waals surface area contributed by atoms with Gasteiger partial charge in [-0.15, -0.1) is 0 Å². The summed E-state index contributed by atoms with van der Waals surface area (Å²) in [7, 11) is 0. The Balaban J connectivity index is 1.40. The van der Waals surface area contributed by atoms with Crippen LogP contribution in [-0.4, -0.2) is 30.6 Å². The van der Waals surface area contributed by atoms with Gasteiger partial charge >= 0.3 is 0 Å². The van der Waals surface area contributed by atoms with Crippen molar-refractivity contribution in [1.82, 2.24) is 10.2 Å². The summed E-state index contributed by atoms with van der Waals surface area (Å²) < 4.78 is 1.33. The van der Waals surface area contributed by atoms with Gasteiger partial charge in [0.15, 0.2) is 0 Å². The molecule has 0 spiro atoms.